The predicted molar refractivity (Wildman–Crippen MR) is 66.9 cm³/mol. The van der Waals surface area contributed by atoms with E-state index in [1.165, 1.54) is 0 Å². The molecule has 2 heterocycles. The molecule has 0 unspecified atom stereocenters. The SMILES string of the molecule is CCOC(=O)c1cc2cccc3c2n1CC=C3. The van der Waals surface area contributed by atoms with E-state index in [2.05, 4.69) is 18.2 Å². The number of aromatic nitrogens is 1. The molecule has 0 bridgehead atoms. The number of para-hydroxylation sites is 1. The van der Waals surface area contributed by atoms with E-state index in [4.69, 9.17) is 4.74 Å². The van der Waals surface area contributed by atoms with Crippen molar-refractivity contribution in [3.63, 3.8) is 0 Å². The third-order valence-corrected chi connectivity index (χ3v) is 3.02. The molecule has 17 heavy (non-hydrogen) atoms. The van der Waals surface area contributed by atoms with Crippen LogP contribution in [-0.4, -0.2) is 17.1 Å². The number of allylic oxidation sites excluding steroid dienone is 1. The second kappa shape index (κ2) is 3.77. The van der Waals surface area contributed by atoms with Gasteiger partial charge in [-0.2, -0.15) is 0 Å². The van der Waals surface area contributed by atoms with Crippen molar-refractivity contribution in [3.05, 3.63) is 41.6 Å². The van der Waals surface area contributed by atoms with Crippen LogP contribution in [0.15, 0.2) is 30.3 Å². The normalized spacial score (nSPS) is 13.0. The Balaban J connectivity index is 2.23. The molecule has 2 aromatic rings. The molecule has 0 atom stereocenters. The Morgan fingerprint density at radius 3 is 3.18 bits per heavy atom. The standard InChI is InChI=1S/C14H13NO2/c1-2-17-14(16)12-9-11-6-3-5-10-7-4-8-15(12)13(10)11/h3-7,9H,2,8H2,1H3. The van der Waals surface area contributed by atoms with E-state index in [0.29, 0.717) is 12.3 Å². The monoisotopic (exact) mass is 227 g/mol. The summed E-state index contributed by atoms with van der Waals surface area (Å²) in [6.45, 7) is 2.96. The molecule has 0 aliphatic carbocycles. The fourth-order valence-electron chi connectivity index (χ4n) is 2.34. The van der Waals surface area contributed by atoms with Crippen molar-refractivity contribution in [3.8, 4) is 0 Å². The van der Waals surface area contributed by atoms with Gasteiger partial charge in [-0.25, -0.2) is 4.79 Å². The summed E-state index contributed by atoms with van der Waals surface area (Å²) in [4.78, 5) is 11.9. The summed E-state index contributed by atoms with van der Waals surface area (Å²) in [5.74, 6) is -0.245. The molecule has 0 fully saturated rings. The molecule has 1 aliphatic rings. The van der Waals surface area contributed by atoms with E-state index < -0.39 is 0 Å². The van der Waals surface area contributed by atoms with Gasteiger partial charge >= 0.3 is 5.97 Å². The van der Waals surface area contributed by atoms with Crippen LogP contribution in [0.1, 0.15) is 23.0 Å². The zero-order valence-electron chi connectivity index (χ0n) is 9.64. The van der Waals surface area contributed by atoms with Crippen molar-refractivity contribution >= 4 is 22.9 Å². The molecule has 3 rings (SSSR count). The van der Waals surface area contributed by atoms with Gasteiger partial charge in [-0.15, -0.1) is 0 Å². The van der Waals surface area contributed by atoms with Crippen LogP contribution in [0.4, 0.5) is 0 Å². The summed E-state index contributed by atoms with van der Waals surface area (Å²) in [5, 5.41) is 1.09. The highest BCUT2D eigenvalue weighted by Gasteiger charge is 2.18. The Bertz CT molecular complexity index is 622. The number of carbonyl (C=O) groups excluding carboxylic acids is 1. The average molecular weight is 227 g/mol. The minimum Gasteiger partial charge on any atom is -0.461 e. The first-order chi connectivity index (χ1) is 8.31. The molecule has 0 spiro atoms. The summed E-state index contributed by atoms with van der Waals surface area (Å²) in [6, 6.07) is 8.00. The van der Waals surface area contributed by atoms with E-state index in [1.54, 1.807) is 0 Å². The lowest BCUT2D eigenvalue weighted by Crippen LogP contribution is -2.12. The molecule has 1 aromatic carbocycles. The maximum Gasteiger partial charge on any atom is 0.354 e. The first-order valence-corrected chi connectivity index (χ1v) is 5.77. The van der Waals surface area contributed by atoms with Crippen molar-refractivity contribution in [1.29, 1.82) is 0 Å². The maximum absolute atomic E-state index is 11.9. The van der Waals surface area contributed by atoms with Gasteiger partial charge in [-0.05, 0) is 18.6 Å². The number of esters is 1. The molecule has 0 radical (unpaired) electrons. The van der Waals surface area contributed by atoms with Gasteiger partial charge < -0.3 is 9.30 Å². The van der Waals surface area contributed by atoms with Crippen molar-refractivity contribution in [1.82, 2.24) is 4.57 Å². The molecule has 1 aromatic heterocycles. The first kappa shape index (κ1) is 10.1. The Kier molecular flexibility index (Phi) is 2.25. The third-order valence-electron chi connectivity index (χ3n) is 3.02. The van der Waals surface area contributed by atoms with Crippen LogP contribution in [0.2, 0.25) is 0 Å². The highest BCUT2D eigenvalue weighted by atomic mass is 16.5. The Labute approximate surface area is 99.3 Å². The largest absolute Gasteiger partial charge is 0.461 e. The van der Waals surface area contributed by atoms with Gasteiger partial charge in [0.1, 0.15) is 5.69 Å². The van der Waals surface area contributed by atoms with Crippen LogP contribution in [0.3, 0.4) is 0 Å². The summed E-state index contributed by atoms with van der Waals surface area (Å²) in [5.41, 5.74) is 2.92. The fraction of sp³-hybridized carbons (Fsp3) is 0.214. The van der Waals surface area contributed by atoms with Gasteiger partial charge in [0.25, 0.3) is 0 Å². The van der Waals surface area contributed by atoms with Crippen molar-refractivity contribution < 1.29 is 9.53 Å². The summed E-state index contributed by atoms with van der Waals surface area (Å²) in [6.07, 6.45) is 4.15. The number of nitrogens with zero attached hydrogens (tertiary/aromatic N) is 1. The summed E-state index contributed by atoms with van der Waals surface area (Å²) >= 11 is 0. The number of hydrogen-bond acceptors (Lipinski definition) is 2. The Morgan fingerprint density at radius 2 is 2.35 bits per heavy atom. The zero-order chi connectivity index (χ0) is 11.8. The zero-order valence-corrected chi connectivity index (χ0v) is 9.64. The number of carbonyl (C=O) groups is 1. The lowest BCUT2D eigenvalue weighted by atomic mass is 10.1. The first-order valence-electron chi connectivity index (χ1n) is 5.77. The number of rotatable bonds is 2. The van der Waals surface area contributed by atoms with E-state index in [9.17, 15) is 4.79 Å². The van der Waals surface area contributed by atoms with Gasteiger partial charge in [0.15, 0.2) is 0 Å². The quantitative estimate of drug-likeness (QED) is 0.739. The predicted octanol–water partition coefficient (Wildman–Crippen LogP) is 2.84. The fourth-order valence-corrected chi connectivity index (χ4v) is 2.34. The highest BCUT2D eigenvalue weighted by Crippen LogP contribution is 2.27. The van der Waals surface area contributed by atoms with Gasteiger partial charge in [0, 0.05) is 11.9 Å². The molecule has 0 amide bonds. The molecule has 0 saturated heterocycles. The van der Waals surface area contributed by atoms with E-state index in [1.807, 2.05) is 29.7 Å². The minimum absolute atomic E-state index is 0.245. The van der Waals surface area contributed by atoms with Crippen LogP contribution in [0.5, 0.6) is 0 Å². The molecule has 0 saturated carbocycles. The van der Waals surface area contributed by atoms with Crippen molar-refractivity contribution in [2.45, 2.75) is 13.5 Å². The smallest absolute Gasteiger partial charge is 0.354 e. The topological polar surface area (TPSA) is 31.2 Å². The number of benzene rings is 1. The second-order valence-corrected chi connectivity index (χ2v) is 4.05. The van der Waals surface area contributed by atoms with Crippen LogP contribution >= 0.6 is 0 Å². The van der Waals surface area contributed by atoms with Gasteiger partial charge in [0.2, 0.25) is 0 Å². The van der Waals surface area contributed by atoms with E-state index >= 15 is 0 Å². The number of ether oxygens (including phenoxy) is 1. The maximum atomic E-state index is 11.9. The van der Waals surface area contributed by atoms with Crippen LogP contribution in [0.25, 0.3) is 17.0 Å². The van der Waals surface area contributed by atoms with Crippen molar-refractivity contribution in [2.75, 3.05) is 6.61 Å². The average Bonchev–Trinajstić information content (AvgIpc) is 2.72. The second-order valence-electron chi connectivity index (χ2n) is 4.05. The van der Waals surface area contributed by atoms with E-state index in [0.717, 1.165) is 23.0 Å². The lowest BCUT2D eigenvalue weighted by molar-refractivity contribution is 0.0515. The molecule has 3 heteroatoms. The van der Waals surface area contributed by atoms with Gasteiger partial charge in [-0.3, -0.25) is 0 Å². The molecule has 1 aliphatic heterocycles. The third kappa shape index (κ3) is 1.46. The Morgan fingerprint density at radius 1 is 1.47 bits per heavy atom. The molecule has 86 valence electrons. The van der Waals surface area contributed by atoms with Gasteiger partial charge in [-0.1, -0.05) is 30.4 Å². The van der Waals surface area contributed by atoms with Crippen LogP contribution in [-0.2, 0) is 11.3 Å². The van der Waals surface area contributed by atoms with Gasteiger partial charge in [0.05, 0.1) is 12.1 Å². The molecular weight excluding hydrogens is 214 g/mol. The molecular formula is C14H13NO2. The van der Waals surface area contributed by atoms with Crippen LogP contribution < -0.4 is 0 Å². The highest BCUT2D eigenvalue weighted by molar-refractivity contribution is 5.99. The molecule has 0 N–H and O–H groups in total. The van der Waals surface area contributed by atoms with E-state index in [-0.39, 0.29) is 5.97 Å². The van der Waals surface area contributed by atoms with Crippen LogP contribution in [0, 0.1) is 0 Å². The minimum atomic E-state index is -0.245. The Hall–Kier alpha value is -2.03. The summed E-state index contributed by atoms with van der Waals surface area (Å²) in [7, 11) is 0. The molecule has 3 nitrogen and oxygen atoms in total. The number of hydrogen-bond donors (Lipinski definition) is 0. The summed E-state index contributed by atoms with van der Waals surface area (Å²) < 4.78 is 7.10. The van der Waals surface area contributed by atoms with Crippen molar-refractivity contribution in [2.24, 2.45) is 0 Å². The lowest BCUT2D eigenvalue weighted by Gasteiger charge is -2.12.